The van der Waals surface area contributed by atoms with Gasteiger partial charge in [-0.15, -0.1) is 0 Å². The SMILES string of the molecule is CCN(CC)CCOc1c(F)cccc1C(C)=O. The minimum atomic E-state index is -0.484. The van der Waals surface area contributed by atoms with Crippen LogP contribution >= 0.6 is 0 Å². The number of carbonyl (C=O) groups excluding carboxylic acids is 1. The highest BCUT2D eigenvalue weighted by Crippen LogP contribution is 2.23. The molecule has 0 N–H and O–H groups in total. The Bertz CT molecular complexity index is 403. The van der Waals surface area contributed by atoms with Crippen LogP contribution in [0.4, 0.5) is 4.39 Å². The molecule has 0 atom stereocenters. The molecule has 0 amide bonds. The van der Waals surface area contributed by atoms with Gasteiger partial charge in [-0.25, -0.2) is 4.39 Å². The number of hydrogen-bond acceptors (Lipinski definition) is 3. The van der Waals surface area contributed by atoms with Crippen LogP contribution in [0.1, 0.15) is 31.1 Å². The third-order valence-corrected chi connectivity index (χ3v) is 2.89. The van der Waals surface area contributed by atoms with Gasteiger partial charge in [0, 0.05) is 6.54 Å². The zero-order valence-electron chi connectivity index (χ0n) is 11.2. The van der Waals surface area contributed by atoms with Crippen molar-refractivity contribution in [3.8, 4) is 5.75 Å². The lowest BCUT2D eigenvalue weighted by atomic mass is 10.1. The first-order valence-electron chi connectivity index (χ1n) is 6.24. The van der Waals surface area contributed by atoms with E-state index in [1.807, 2.05) is 0 Å². The molecule has 100 valence electrons. The Morgan fingerprint density at radius 2 is 2.00 bits per heavy atom. The number of rotatable bonds is 7. The van der Waals surface area contributed by atoms with Crippen molar-refractivity contribution in [2.75, 3.05) is 26.2 Å². The van der Waals surface area contributed by atoms with Gasteiger partial charge < -0.3 is 9.64 Å². The van der Waals surface area contributed by atoms with Crippen LogP contribution in [0.2, 0.25) is 0 Å². The van der Waals surface area contributed by atoms with E-state index in [1.165, 1.54) is 19.1 Å². The second kappa shape index (κ2) is 7.11. The number of benzene rings is 1. The van der Waals surface area contributed by atoms with Crippen molar-refractivity contribution in [1.29, 1.82) is 0 Å². The number of para-hydroxylation sites is 1. The summed E-state index contributed by atoms with van der Waals surface area (Å²) in [7, 11) is 0. The Hall–Kier alpha value is -1.42. The summed E-state index contributed by atoms with van der Waals surface area (Å²) in [5, 5.41) is 0. The molecule has 4 heteroatoms. The molecule has 0 aliphatic rings. The highest BCUT2D eigenvalue weighted by atomic mass is 19.1. The average molecular weight is 253 g/mol. The van der Waals surface area contributed by atoms with Crippen molar-refractivity contribution in [3.05, 3.63) is 29.6 Å². The molecular weight excluding hydrogens is 233 g/mol. The molecule has 0 radical (unpaired) electrons. The molecule has 1 aromatic rings. The van der Waals surface area contributed by atoms with Crippen LogP contribution in [0.15, 0.2) is 18.2 Å². The van der Waals surface area contributed by atoms with E-state index in [0.29, 0.717) is 12.2 Å². The second-order valence-electron chi connectivity index (χ2n) is 4.05. The molecule has 18 heavy (non-hydrogen) atoms. The highest BCUT2D eigenvalue weighted by molar-refractivity contribution is 5.96. The van der Waals surface area contributed by atoms with Crippen molar-refractivity contribution in [1.82, 2.24) is 4.90 Å². The summed E-state index contributed by atoms with van der Waals surface area (Å²) in [6.07, 6.45) is 0. The van der Waals surface area contributed by atoms with Gasteiger partial charge in [0.1, 0.15) is 6.61 Å². The summed E-state index contributed by atoms with van der Waals surface area (Å²) in [5.74, 6) is -0.605. The number of carbonyl (C=O) groups is 1. The van der Waals surface area contributed by atoms with Gasteiger partial charge in [0.25, 0.3) is 0 Å². The summed E-state index contributed by atoms with van der Waals surface area (Å²) in [4.78, 5) is 13.5. The number of ketones is 1. The first-order chi connectivity index (χ1) is 8.60. The predicted molar refractivity (Wildman–Crippen MR) is 69.7 cm³/mol. The average Bonchev–Trinajstić information content (AvgIpc) is 2.36. The van der Waals surface area contributed by atoms with Gasteiger partial charge in [-0.2, -0.15) is 0 Å². The first-order valence-corrected chi connectivity index (χ1v) is 6.24. The number of nitrogens with zero attached hydrogens (tertiary/aromatic N) is 1. The molecule has 1 aromatic carbocycles. The fraction of sp³-hybridized carbons (Fsp3) is 0.500. The van der Waals surface area contributed by atoms with Crippen molar-refractivity contribution < 1.29 is 13.9 Å². The van der Waals surface area contributed by atoms with Crippen LogP contribution < -0.4 is 4.74 Å². The summed E-state index contributed by atoms with van der Waals surface area (Å²) >= 11 is 0. The molecule has 3 nitrogen and oxygen atoms in total. The zero-order valence-corrected chi connectivity index (χ0v) is 11.2. The van der Waals surface area contributed by atoms with E-state index in [1.54, 1.807) is 6.07 Å². The zero-order chi connectivity index (χ0) is 13.5. The molecule has 0 aliphatic carbocycles. The van der Waals surface area contributed by atoms with Crippen molar-refractivity contribution in [2.24, 2.45) is 0 Å². The minimum Gasteiger partial charge on any atom is -0.488 e. The van der Waals surface area contributed by atoms with Crippen LogP contribution in [0.25, 0.3) is 0 Å². The van der Waals surface area contributed by atoms with Crippen LogP contribution in [0.5, 0.6) is 5.75 Å². The Labute approximate surface area is 108 Å². The predicted octanol–water partition coefficient (Wildman–Crippen LogP) is 2.75. The second-order valence-corrected chi connectivity index (χ2v) is 4.05. The van der Waals surface area contributed by atoms with E-state index >= 15 is 0 Å². The standard InChI is InChI=1S/C14H20FNO2/c1-4-16(5-2)9-10-18-14-12(11(3)17)7-6-8-13(14)15/h6-8H,4-5,9-10H2,1-3H3. The molecule has 0 aliphatic heterocycles. The quantitative estimate of drug-likeness (QED) is 0.700. The van der Waals surface area contributed by atoms with Crippen LogP contribution in [0, 0.1) is 5.82 Å². The molecule has 0 spiro atoms. The maximum absolute atomic E-state index is 13.6. The maximum atomic E-state index is 13.6. The molecule has 0 unspecified atom stereocenters. The molecule has 0 fully saturated rings. The number of Topliss-reactive ketones (excluding diaryl/α,β-unsaturated/α-hetero) is 1. The van der Waals surface area contributed by atoms with E-state index in [2.05, 4.69) is 18.7 Å². The van der Waals surface area contributed by atoms with Gasteiger partial charge in [0.05, 0.1) is 5.56 Å². The summed E-state index contributed by atoms with van der Waals surface area (Å²) in [6, 6.07) is 4.40. The Morgan fingerprint density at radius 1 is 1.33 bits per heavy atom. The van der Waals surface area contributed by atoms with Gasteiger partial charge in [-0.05, 0) is 32.1 Å². The number of ether oxygens (including phenoxy) is 1. The third-order valence-electron chi connectivity index (χ3n) is 2.89. The molecule has 0 heterocycles. The Morgan fingerprint density at radius 3 is 2.56 bits per heavy atom. The lowest BCUT2D eigenvalue weighted by Crippen LogP contribution is -2.28. The van der Waals surface area contributed by atoms with Gasteiger partial charge in [-0.1, -0.05) is 19.9 Å². The number of hydrogen-bond donors (Lipinski definition) is 0. The maximum Gasteiger partial charge on any atom is 0.165 e. The smallest absolute Gasteiger partial charge is 0.165 e. The Kier molecular flexibility index (Phi) is 5.78. The largest absolute Gasteiger partial charge is 0.488 e. The van der Waals surface area contributed by atoms with Gasteiger partial charge in [0.15, 0.2) is 17.3 Å². The number of likely N-dealkylation sites (N-methyl/N-ethyl adjacent to an activating group) is 1. The summed E-state index contributed by atoms with van der Waals surface area (Å²) < 4.78 is 19.0. The number of halogens is 1. The normalized spacial score (nSPS) is 10.7. The fourth-order valence-corrected chi connectivity index (χ4v) is 1.75. The topological polar surface area (TPSA) is 29.5 Å². The van der Waals surface area contributed by atoms with E-state index in [9.17, 15) is 9.18 Å². The van der Waals surface area contributed by atoms with E-state index < -0.39 is 5.82 Å². The molecule has 0 bridgehead atoms. The van der Waals surface area contributed by atoms with Crippen molar-refractivity contribution >= 4 is 5.78 Å². The summed E-state index contributed by atoms with van der Waals surface area (Å²) in [6.45, 7) is 8.49. The van der Waals surface area contributed by atoms with Crippen molar-refractivity contribution in [2.45, 2.75) is 20.8 Å². The van der Waals surface area contributed by atoms with E-state index in [4.69, 9.17) is 4.74 Å². The first kappa shape index (κ1) is 14.6. The monoisotopic (exact) mass is 253 g/mol. The van der Waals surface area contributed by atoms with Crippen LogP contribution in [-0.2, 0) is 0 Å². The lowest BCUT2D eigenvalue weighted by molar-refractivity contribution is 0.101. The highest BCUT2D eigenvalue weighted by Gasteiger charge is 2.13. The van der Waals surface area contributed by atoms with Crippen molar-refractivity contribution in [3.63, 3.8) is 0 Å². The molecule has 0 saturated carbocycles. The van der Waals surface area contributed by atoms with Gasteiger partial charge in [-0.3, -0.25) is 4.79 Å². The minimum absolute atomic E-state index is 0.0668. The van der Waals surface area contributed by atoms with Gasteiger partial charge in [0.2, 0.25) is 0 Å². The molecule has 0 aromatic heterocycles. The van der Waals surface area contributed by atoms with Crippen LogP contribution in [0.3, 0.4) is 0 Å². The molecular formula is C14H20FNO2. The van der Waals surface area contributed by atoms with Gasteiger partial charge >= 0.3 is 0 Å². The van der Waals surface area contributed by atoms with E-state index in [-0.39, 0.29) is 11.5 Å². The molecule has 1 rings (SSSR count). The third kappa shape index (κ3) is 3.81. The fourth-order valence-electron chi connectivity index (χ4n) is 1.75. The van der Waals surface area contributed by atoms with Crippen LogP contribution in [-0.4, -0.2) is 36.9 Å². The Balaban J connectivity index is 2.69. The molecule has 0 saturated heterocycles. The lowest BCUT2D eigenvalue weighted by Gasteiger charge is -2.18. The van der Waals surface area contributed by atoms with E-state index in [0.717, 1.165) is 19.6 Å². The summed E-state index contributed by atoms with van der Waals surface area (Å²) in [5.41, 5.74) is 0.301.